The number of rotatable bonds is 5. The number of hydrazine groups is 1. The van der Waals surface area contributed by atoms with Gasteiger partial charge in [0.25, 0.3) is 0 Å². The van der Waals surface area contributed by atoms with Gasteiger partial charge in [0.15, 0.2) is 0 Å². The maximum Gasteiger partial charge on any atom is 0.241 e. The number of hydrogen-bond donors (Lipinski definition) is 2. The highest BCUT2D eigenvalue weighted by Gasteiger charge is 2.40. The zero-order valence-corrected chi connectivity index (χ0v) is 17.6. The Hall–Kier alpha value is -2.36. The van der Waals surface area contributed by atoms with Crippen molar-refractivity contribution in [2.45, 2.75) is 50.4 Å². The van der Waals surface area contributed by atoms with Crippen LogP contribution in [0.1, 0.15) is 54.5 Å². The topological polar surface area (TPSA) is 92.5 Å². The van der Waals surface area contributed by atoms with Gasteiger partial charge in [-0.1, -0.05) is 30.3 Å². The lowest BCUT2D eigenvalue weighted by Crippen LogP contribution is -2.44. The van der Waals surface area contributed by atoms with Crippen molar-refractivity contribution >= 4 is 15.9 Å². The summed E-state index contributed by atoms with van der Waals surface area (Å²) in [6, 6.07) is 10.4. The van der Waals surface area contributed by atoms with Crippen molar-refractivity contribution in [3.8, 4) is 0 Å². The van der Waals surface area contributed by atoms with Crippen molar-refractivity contribution in [2.24, 2.45) is 5.84 Å². The summed E-state index contributed by atoms with van der Waals surface area (Å²) in [5.74, 6) is 1.87. The molecule has 1 fully saturated rings. The first-order valence-electron chi connectivity index (χ1n) is 9.70. The Balaban J connectivity index is 1.92. The smallest absolute Gasteiger partial charge is 0.241 e. The van der Waals surface area contributed by atoms with E-state index in [4.69, 9.17) is 5.84 Å². The van der Waals surface area contributed by atoms with Crippen molar-refractivity contribution in [3.63, 3.8) is 0 Å². The average molecular weight is 438 g/mol. The van der Waals surface area contributed by atoms with Gasteiger partial charge in [-0.25, -0.2) is 23.0 Å². The third-order valence-corrected chi connectivity index (χ3v) is 8.06. The molecule has 3 rings (SSSR count). The molecule has 3 atom stereocenters. The normalized spacial score (nSPS) is 22.4. The molecule has 2 aromatic rings. The van der Waals surface area contributed by atoms with Crippen molar-refractivity contribution < 1.29 is 22.0 Å². The summed E-state index contributed by atoms with van der Waals surface area (Å²) in [6.07, 6.45) is 1.07. The lowest BCUT2D eigenvalue weighted by Gasteiger charge is -2.37. The first-order chi connectivity index (χ1) is 14.2. The summed E-state index contributed by atoms with van der Waals surface area (Å²) >= 11 is 0. The van der Waals surface area contributed by atoms with E-state index in [1.54, 1.807) is 31.2 Å². The maximum atomic E-state index is 14.8. The van der Waals surface area contributed by atoms with Gasteiger partial charge < -0.3 is 0 Å². The second-order valence-electron chi connectivity index (χ2n) is 7.61. The maximum absolute atomic E-state index is 14.8. The van der Waals surface area contributed by atoms with Gasteiger partial charge in [-0.05, 0) is 44.4 Å². The van der Waals surface area contributed by atoms with Crippen LogP contribution in [-0.4, -0.2) is 24.7 Å². The molecule has 30 heavy (non-hydrogen) atoms. The van der Waals surface area contributed by atoms with E-state index in [0.717, 1.165) is 12.1 Å². The number of sulfonamides is 1. The molecule has 0 radical (unpaired) electrons. The number of benzene rings is 2. The van der Waals surface area contributed by atoms with E-state index in [2.05, 4.69) is 0 Å². The van der Waals surface area contributed by atoms with Gasteiger partial charge in [0.1, 0.15) is 16.9 Å². The summed E-state index contributed by atoms with van der Waals surface area (Å²) in [5, 5.41) is -0.727. The Bertz CT molecular complexity index is 1030. The van der Waals surface area contributed by atoms with Gasteiger partial charge >= 0.3 is 0 Å². The van der Waals surface area contributed by atoms with Crippen LogP contribution in [-0.2, 0) is 21.4 Å². The van der Waals surface area contributed by atoms with Crippen LogP contribution in [0, 0.1) is 11.6 Å². The quantitative estimate of drug-likeness (QED) is 0.427. The molecule has 2 aromatic carbocycles. The number of carbonyl (C=O) groups excluding carboxylic acids is 1. The molecule has 1 saturated heterocycles. The fraction of sp³-hybridized carbons (Fsp3) is 0.381. The number of halogens is 2. The second kappa shape index (κ2) is 8.79. The Kier molecular flexibility index (Phi) is 6.54. The second-order valence-corrected chi connectivity index (χ2v) is 9.68. The highest BCUT2D eigenvalue weighted by Crippen LogP contribution is 2.38. The third-order valence-electron chi connectivity index (χ3n) is 5.69. The summed E-state index contributed by atoms with van der Waals surface area (Å²) in [4.78, 5) is 11.7. The number of nitrogens with two attached hydrogens (primary N) is 1. The van der Waals surface area contributed by atoms with Crippen LogP contribution in [0.2, 0.25) is 0 Å². The molecule has 0 aromatic heterocycles. The molecule has 1 unspecified atom stereocenters. The SMILES string of the molecule is CC(C(=O)NN)c1cc(F)c(CN2[C@@H](C)CC[C@H](c3ccccc3)S2(=O)=O)cc1F. The first kappa shape index (κ1) is 22.3. The van der Waals surface area contributed by atoms with Gasteiger partial charge in [0, 0.05) is 23.7 Å². The summed E-state index contributed by atoms with van der Waals surface area (Å²) in [6.45, 7) is 2.88. The summed E-state index contributed by atoms with van der Waals surface area (Å²) in [5.41, 5.74) is 2.36. The summed E-state index contributed by atoms with van der Waals surface area (Å²) in [7, 11) is -3.77. The van der Waals surface area contributed by atoms with Crippen LogP contribution in [0.15, 0.2) is 42.5 Å². The predicted molar refractivity (Wildman–Crippen MR) is 109 cm³/mol. The van der Waals surface area contributed by atoms with Gasteiger partial charge in [-0.2, -0.15) is 4.31 Å². The fourth-order valence-corrected chi connectivity index (χ4v) is 6.03. The van der Waals surface area contributed by atoms with Crippen LogP contribution in [0.4, 0.5) is 8.78 Å². The average Bonchev–Trinajstić information content (AvgIpc) is 2.72. The zero-order valence-electron chi connectivity index (χ0n) is 16.8. The minimum atomic E-state index is -3.77. The summed E-state index contributed by atoms with van der Waals surface area (Å²) < 4.78 is 57.1. The number of hydrogen-bond acceptors (Lipinski definition) is 4. The molecule has 1 aliphatic heterocycles. The minimum absolute atomic E-state index is 0.0826. The fourth-order valence-electron chi connectivity index (χ4n) is 3.84. The number of amides is 1. The molecular weight excluding hydrogens is 412 g/mol. The number of nitrogens with one attached hydrogen (secondary N) is 1. The van der Waals surface area contributed by atoms with Crippen LogP contribution in [0.3, 0.4) is 0 Å². The van der Waals surface area contributed by atoms with Gasteiger partial charge in [-0.3, -0.25) is 10.2 Å². The Morgan fingerprint density at radius 2 is 1.87 bits per heavy atom. The van der Waals surface area contributed by atoms with Crippen molar-refractivity contribution in [1.29, 1.82) is 0 Å². The molecule has 0 saturated carbocycles. The lowest BCUT2D eigenvalue weighted by molar-refractivity contribution is -0.122. The van der Waals surface area contributed by atoms with E-state index in [1.165, 1.54) is 11.2 Å². The molecule has 0 bridgehead atoms. The Morgan fingerprint density at radius 1 is 1.20 bits per heavy atom. The number of nitrogens with zero attached hydrogens (tertiary/aromatic N) is 1. The monoisotopic (exact) mass is 437 g/mol. The Morgan fingerprint density at radius 3 is 2.50 bits per heavy atom. The predicted octanol–water partition coefficient (Wildman–Crippen LogP) is 3.11. The molecule has 1 amide bonds. The molecule has 1 aliphatic rings. The van der Waals surface area contributed by atoms with Crippen molar-refractivity contribution in [2.75, 3.05) is 0 Å². The van der Waals surface area contributed by atoms with Crippen molar-refractivity contribution in [1.82, 2.24) is 9.73 Å². The van der Waals surface area contributed by atoms with E-state index < -0.39 is 38.7 Å². The van der Waals surface area contributed by atoms with Crippen LogP contribution in [0.25, 0.3) is 0 Å². The molecule has 9 heteroatoms. The molecule has 3 N–H and O–H groups in total. The lowest BCUT2D eigenvalue weighted by atomic mass is 9.97. The van der Waals surface area contributed by atoms with Crippen molar-refractivity contribution in [3.05, 3.63) is 70.8 Å². The Labute approximate surface area is 175 Å². The van der Waals surface area contributed by atoms with E-state index >= 15 is 0 Å². The molecular formula is C21H25F2N3O3S. The highest BCUT2D eigenvalue weighted by atomic mass is 32.2. The van der Waals surface area contributed by atoms with Gasteiger partial charge in [0.05, 0.1) is 5.92 Å². The van der Waals surface area contributed by atoms with Gasteiger partial charge in [-0.15, -0.1) is 0 Å². The molecule has 0 aliphatic carbocycles. The molecule has 0 spiro atoms. The standard InChI is InChI=1S/C21H25F2N3O3S/c1-13-8-9-20(15-6-4-3-5-7-15)30(28,29)26(13)12-16-10-19(23)17(11-18(16)22)14(2)21(27)25-24/h3-7,10-11,13-14,20H,8-9,12,24H2,1-2H3,(H,25,27)/t13-,14?,20+/m0/s1. The molecule has 1 heterocycles. The highest BCUT2D eigenvalue weighted by molar-refractivity contribution is 7.89. The zero-order chi connectivity index (χ0) is 22.1. The molecule has 162 valence electrons. The first-order valence-corrected chi connectivity index (χ1v) is 11.2. The van der Waals surface area contributed by atoms with Crippen LogP contribution < -0.4 is 11.3 Å². The largest absolute Gasteiger partial charge is 0.294 e. The number of carbonyl (C=O) groups is 1. The van der Waals surface area contributed by atoms with E-state index in [0.29, 0.717) is 18.4 Å². The minimum Gasteiger partial charge on any atom is -0.294 e. The van der Waals surface area contributed by atoms with Gasteiger partial charge in [0.2, 0.25) is 15.9 Å². The molecule has 6 nitrogen and oxygen atoms in total. The van der Waals surface area contributed by atoms with Crippen LogP contribution in [0.5, 0.6) is 0 Å². The van der Waals surface area contributed by atoms with E-state index in [-0.39, 0.29) is 23.7 Å². The van der Waals surface area contributed by atoms with E-state index in [9.17, 15) is 22.0 Å². The van der Waals surface area contributed by atoms with Crippen LogP contribution >= 0.6 is 0 Å². The van der Waals surface area contributed by atoms with E-state index in [1.807, 2.05) is 11.5 Å². The third kappa shape index (κ3) is 4.23.